The molecular weight excluding hydrogens is 282 g/mol. The van der Waals surface area contributed by atoms with Gasteiger partial charge >= 0.3 is 0 Å². The molecule has 0 fully saturated rings. The molecule has 0 radical (unpaired) electrons. The number of amides is 1. The minimum atomic E-state index is -0.0663. The van der Waals surface area contributed by atoms with Gasteiger partial charge in [0.15, 0.2) is 0 Å². The summed E-state index contributed by atoms with van der Waals surface area (Å²) in [5.41, 5.74) is 2.83. The first-order chi connectivity index (χ1) is 11.3. The van der Waals surface area contributed by atoms with Crippen LogP contribution in [0.25, 0.3) is 10.8 Å². The van der Waals surface area contributed by atoms with E-state index in [4.69, 9.17) is 0 Å². The smallest absolute Gasteiger partial charge is 0.255 e. The van der Waals surface area contributed by atoms with Crippen LogP contribution in [0.15, 0.2) is 66.7 Å². The van der Waals surface area contributed by atoms with Crippen molar-refractivity contribution < 1.29 is 4.79 Å². The molecule has 0 saturated heterocycles. The van der Waals surface area contributed by atoms with Crippen molar-refractivity contribution in [1.82, 2.24) is 0 Å². The van der Waals surface area contributed by atoms with Crippen LogP contribution in [0.4, 0.5) is 5.69 Å². The van der Waals surface area contributed by atoms with E-state index in [1.807, 2.05) is 66.7 Å². The molecule has 116 valence electrons. The van der Waals surface area contributed by atoms with Crippen molar-refractivity contribution in [1.29, 1.82) is 0 Å². The van der Waals surface area contributed by atoms with Crippen LogP contribution in [0.1, 0.15) is 35.7 Å². The van der Waals surface area contributed by atoms with Crippen LogP contribution >= 0.6 is 0 Å². The summed E-state index contributed by atoms with van der Waals surface area (Å²) in [5.74, 6) is -0.0663. The fourth-order valence-electron chi connectivity index (χ4n) is 2.73. The second-order valence-corrected chi connectivity index (χ2v) is 5.78. The first-order valence-electron chi connectivity index (χ1n) is 8.16. The number of aryl methyl sites for hydroxylation is 1. The molecule has 0 aliphatic rings. The predicted octanol–water partition coefficient (Wildman–Crippen LogP) is 5.43. The van der Waals surface area contributed by atoms with E-state index in [0.29, 0.717) is 5.56 Å². The van der Waals surface area contributed by atoms with Crippen LogP contribution in [-0.2, 0) is 6.42 Å². The highest BCUT2D eigenvalue weighted by atomic mass is 16.1. The summed E-state index contributed by atoms with van der Waals surface area (Å²) in [6, 6.07) is 21.9. The molecule has 0 spiro atoms. The van der Waals surface area contributed by atoms with Gasteiger partial charge in [-0.3, -0.25) is 4.79 Å². The lowest BCUT2D eigenvalue weighted by atomic mass is 10.1. The van der Waals surface area contributed by atoms with Gasteiger partial charge in [-0.05, 0) is 42.0 Å². The average Bonchev–Trinajstić information content (AvgIpc) is 2.60. The third kappa shape index (κ3) is 3.59. The van der Waals surface area contributed by atoms with Crippen molar-refractivity contribution in [3.63, 3.8) is 0 Å². The summed E-state index contributed by atoms with van der Waals surface area (Å²) in [6.07, 6.45) is 3.44. The van der Waals surface area contributed by atoms with E-state index in [2.05, 4.69) is 12.2 Å². The summed E-state index contributed by atoms with van der Waals surface area (Å²) >= 11 is 0. The Kier molecular flexibility index (Phi) is 4.72. The van der Waals surface area contributed by atoms with Crippen LogP contribution in [0.5, 0.6) is 0 Å². The molecule has 0 heterocycles. The van der Waals surface area contributed by atoms with Crippen molar-refractivity contribution >= 4 is 22.4 Å². The Morgan fingerprint density at radius 3 is 2.43 bits per heavy atom. The Bertz CT molecular complexity index is 800. The molecular formula is C21H21NO. The SMILES string of the molecule is CCCCc1ccc(C(=O)Nc2cccc3ccccc23)cc1. The molecule has 1 N–H and O–H groups in total. The monoisotopic (exact) mass is 303 g/mol. The van der Waals surface area contributed by atoms with Gasteiger partial charge in [0.2, 0.25) is 0 Å². The molecule has 3 aromatic rings. The standard InChI is InChI=1S/C21H21NO/c1-2-3-7-16-12-14-18(15-13-16)21(23)22-20-11-6-9-17-8-4-5-10-19(17)20/h4-6,8-15H,2-3,7H2,1H3,(H,22,23). The zero-order valence-corrected chi connectivity index (χ0v) is 13.4. The Balaban J connectivity index is 1.78. The van der Waals surface area contributed by atoms with E-state index < -0.39 is 0 Å². The minimum absolute atomic E-state index is 0.0663. The van der Waals surface area contributed by atoms with Gasteiger partial charge in [-0.15, -0.1) is 0 Å². The van der Waals surface area contributed by atoms with Gasteiger partial charge in [0.05, 0.1) is 0 Å². The van der Waals surface area contributed by atoms with E-state index in [0.717, 1.165) is 22.9 Å². The number of carbonyl (C=O) groups is 1. The molecule has 0 aliphatic heterocycles. The van der Waals surface area contributed by atoms with Gasteiger partial charge < -0.3 is 5.32 Å². The van der Waals surface area contributed by atoms with Gasteiger partial charge in [-0.1, -0.05) is 61.9 Å². The van der Waals surface area contributed by atoms with Crippen molar-refractivity contribution in [3.8, 4) is 0 Å². The first kappa shape index (κ1) is 15.3. The van der Waals surface area contributed by atoms with Crippen molar-refractivity contribution in [3.05, 3.63) is 77.9 Å². The summed E-state index contributed by atoms with van der Waals surface area (Å²) in [6.45, 7) is 2.19. The van der Waals surface area contributed by atoms with Crippen LogP contribution in [0.2, 0.25) is 0 Å². The Morgan fingerprint density at radius 1 is 0.913 bits per heavy atom. The summed E-state index contributed by atoms with van der Waals surface area (Å²) in [7, 11) is 0. The molecule has 0 aromatic heterocycles. The van der Waals surface area contributed by atoms with Gasteiger partial charge in [-0.2, -0.15) is 0 Å². The molecule has 0 bridgehead atoms. The molecule has 3 rings (SSSR count). The third-order valence-corrected chi connectivity index (χ3v) is 4.07. The second kappa shape index (κ2) is 7.10. The average molecular weight is 303 g/mol. The first-order valence-corrected chi connectivity index (χ1v) is 8.16. The number of fused-ring (bicyclic) bond motifs is 1. The summed E-state index contributed by atoms with van der Waals surface area (Å²) in [5, 5.41) is 5.21. The van der Waals surface area contributed by atoms with Crippen LogP contribution in [0, 0.1) is 0 Å². The summed E-state index contributed by atoms with van der Waals surface area (Å²) in [4.78, 5) is 12.5. The van der Waals surface area contributed by atoms with Crippen LogP contribution in [-0.4, -0.2) is 5.91 Å². The number of hydrogen-bond acceptors (Lipinski definition) is 1. The fourth-order valence-corrected chi connectivity index (χ4v) is 2.73. The molecule has 2 heteroatoms. The maximum atomic E-state index is 12.5. The fraction of sp³-hybridized carbons (Fsp3) is 0.190. The number of unbranched alkanes of at least 4 members (excludes halogenated alkanes) is 1. The molecule has 0 saturated carbocycles. The number of hydrogen-bond donors (Lipinski definition) is 1. The highest BCUT2D eigenvalue weighted by Crippen LogP contribution is 2.23. The van der Waals surface area contributed by atoms with Gasteiger partial charge in [0.1, 0.15) is 0 Å². The largest absolute Gasteiger partial charge is 0.321 e. The number of carbonyl (C=O) groups excluding carboxylic acids is 1. The van der Waals surface area contributed by atoms with Crippen molar-refractivity contribution in [2.45, 2.75) is 26.2 Å². The number of benzene rings is 3. The second-order valence-electron chi connectivity index (χ2n) is 5.78. The highest BCUT2D eigenvalue weighted by molar-refractivity contribution is 6.09. The molecule has 0 atom stereocenters. The third-order valence-electron chi connectivity index (χ3n) is 4.07. The zero-order chi connectivity index (χ0) is 16.1. The lowest BCUT2D eigenvalue weighted by Crippen LogP contribution is -2.12. The van der Waals surface area contributed by atoms with E-state index in [1.54, 1.807) is 0 Å². The van der Waals surface area contributed by atoms with E-state index >= 15 is 0 Å². The minimum Gasteiger partial charge on any atom is -0.321 e. The predicted molar refractivity (Wildman–Crippen MR) is 97.0 cm³/mol. The quantitative estimate of drug-likeness (QED) is 0.668. The molecule has 1 amide bonds. The van der Waals surface area contributed by atoms with Crippen LogP contribution < -0.4 is 5.32 Å². The molecule has 0 unspecified atom stereocenters. The van der Waals surface area contributed by atoms with Crippen molar-refractivity contribution in [2.24, 2.45) is 0 Å². The van der Waals surface area contributed by atoms with E-state index in [9.17, 15) is 4.79 Å². The maximum Gasteiger partial charge on any atom is 0.255 e. The molecule has 0 aliphatic carbocycles. The lowest BCUT2D eigenvalue weighted by molar-refractivity contribution is 0.102. The Labute approximate surface area is 137 Å². The van der Waals surface area contributed by atoms with E-state index in [-0.39, 0.29) is 5.91 Å². The summed E-state index contributed by atoms with van der Waals surface area (Å²) < 4.78 is 0. The number of anilines is 1. The maximum absolute atomic E-state index is 12.5. The van der Waals surface area contributed by atoms with Crippen molar-refractivity contribution in [2.75, 3.05) is 5.32 Å². The van der Waals surface area contributed by atoms with Gasteiger partial charge in [-0.25, -0.2) is 0 Å². The molecule has 2 nitrogen and oxygen atoms in total. The van der Waals surface area contributed by atoms with Gasteiger partial charge in [0, 0.05) is 16.6 Å². The van der Waals surface area contributed by atoms with Crippen LogP contribution in [0.3, 0.4) is 0 Å². The highest BCUT2D eigenvalue weighted by Gasteiger charge is 2.08. The lowest BCUT2D eigenvalue weighted by Gasteiger charge is -2.09. The van der Waals surface area contributed by atoms with E-state index in [1.165, 1.54) is 18.4 Å². The molecule has 3 aromatic carbocycles. The Morgan fingerprint density at radius 2 is 1.65 bits per heavy atom. The number of rotatable bonds is 5. The number of nitrogens with one attached hydrogen (secondary N) is 1. The Hall–Kier alpha value is -2.61. The normalized spacial score (nSPS) is 10.7. The topological polar surface area (TPSA) is 29.1 Å². The zero-order valence-electron chi connectivity index (χ0n) is 13.4. The van der Waals surface area contributed by atoms with Gasteiger partial charge in [0.25, 0.3) is 5.91 Å². The molecule has 23 heavy (non-hydrogen) atoms.